The van der Waals surface area contributed by atoms with Crippen LogP contribution in [0.2, 0.25) is 0 Å². The van der Waals surface area contributed by atoms with Crippen LogP contribution in [0.5, 0.6) is 0 Å². The van der Waals surface area contributed by atoms with Crippen molar-refractivity contribution in [3.8, 4) is 0 Å². The largest absolute Gasteiger partial charge is 0.469 e. The van der Waals surface area contributed by atoms with Gasteiger partial charge >= 0.3 is 5.97 Å². The number of para-hydroxylation sites is 2. The van der Waals surface area contributed by atoms with E-state index in [2.05, 4.69) is 14.7 Å². The Balaban J connectivity index is 1.72. The number of anilines is 2. The maximum Gasteiger partial charge on any atom is 0.308 e. The number of halogens is 2. The summed E-state index contributed by atoms with van der Waals surface area (Å²) in [7, 11) is -3.16. The van der Waals surface area contributed by atoms with Crippen LogP contribution in [-0.4, -0.2) is 44.6 Å². The van der Waals surface area contributed by atoms with Crippen molar-refractivity contribution >= 4 is 38.7 Å². The van der Waals surface area contributed by atoms with Gasteiger partial charge in [0.05, 0.1) is 24.1 Å². The number of sulfonamides is 1. The van der Waals surface area contributed by atoms with Gasteiger partial charge in [0.25, 0.3) is 10.0 Å². The molecule has 168 valence electrons. The smallest absolute Gasteiger partial charge is 0.308 e. The number of esters is 1. The summed E-state index contributed by atoms with van der Waals surface area (Å²) in [5.74, 6) is -2.39. The lowest BCUT2D eigenvalue weighted by Gasteiger charge is -2.32. The van der Waals surface area contributed by atoms with Crippen LogP contribution in [-0.2, 0) is 19.6 Å². The minimum atomic E-state index is -4.49. The van der Waals surface area contributed by atoms with Gasteiger partial charge in [-0.2, -0.15) is 0 Å². The Morgan fingerprint density at radius 1 is 1.09 bits per heavy atom. The molecule has 11 heteroatoms. The molecule has 3 aromatic rings. The molecule has 0 spiro atoms. The first kappa shape index (κ1) is 21.9. The second-order valence-electron chi connectivity index (χ2n) is 7.35. The Kier molecular flexibility index (Phi) is 5.92. The van der Waals surface area contributed by atoms with E-state index in [1.165, 1.54) is 7.11 Å². The summed E-state index contributed by atoms with van der Waals surface area (Å²) in [5.41, 5.74) is 0.968. The average Bonchev–Trinajstić information content (AvgIpc) is 2.79. The SMILES string of the molecule is COC(=O)C1CCN(c2nc3ccccc3nc2NS(=O)(=O)c2cc(F)ccc2F)CC1. The first-order valence-electron chi connectivity index (χ1n) is 9.86. The number of methoxy groups -OCH3 is 1. The molecule has 1 aliphatic rings. The van der Waals surface area contributed by atoms with Crippen molar-refractivity contribution in [2.75, 3.05) is 29.8 Å². The Hall–Kier alpha value is -3.34. The fraction of sp³-hybridized carbons (Fsp3) is 0.286. The Morgan fingerprint density at radius 2 is 1.75 bits per heavy atom. The van der Waals surface area contributed by atoms with Crippen LogP contribution in [0.25, 0.3) is 11.0 Å². The second-order valence-corrected chi connectivity index (χ2v) is 9.00. The van der Waals surface area contributed by atoms with E-state index in [-0.39, 0.29) is 23.5 Å². The first-order chi connectivity index (χ1) is 15.3. The van der Waals surface area contributed by atoms with E-state index in [0.717, 1.165) is 12.1 Å². The third-order valence-corrected chi connectivity index (χ3v) is 6.65. The summed E-state index contributed by atoms with van der Waals surface area (Å²) in [6.45, 7) is 0.825. The second kappa shape index (κ2) is 8.65. The summed E-state index contributed by atoms with van der Waals surface area (Å²) in [5, 5.41) is 0. The third kappa shape index (κ3) is 4.33. The van der Waals surface area contributed by atoms with Crippen molar-refractivity contribution in [2.45, 2.75) is 17.7 Å². The van der Waals surface area contributed by atoms with Crippen LogP contribution in [0, 0.1) is 17.6 Å². The highest BCUT2D eigenvalue weighted by Crippen LogP contribution is 2.31. The molecular weight excluding hydrogens is 442 g/mol. The standard InChI is InChI=1S/C21H20F2N4O4S/c1-31-21(28)13-8-10-27(11-9-13)20-19(24-16-4-2-3-5-17(16)25-20)26-32(29,30)18-12-14(22)6-7-15(18)23/h2-7,12-13H,8-11H2,1H3,(H,24,26). The first-order valence-corrected chi connectivity index (χ1v) is 11.3. The zero-order valence-corrected chi connectivity index (χ0v) is 17.9. The van der Waals surface area contributed by atoms with Gasteiger partial charge in [-0.1, -0.05) is 12.1 Å². The van der Waals surface area contributed by atoms with Gasteiger partial charge in [0, 0.05) is 13.1 Å². The maximum absolute atomic E-state index is 14.2. The van der Waals surface area contributed by atoms with E-state index >= 15 is 0 Å². The molecule has 1 fully saturated rings. The summed E-state index contributed by atoms with van der Waals surface area (Å²) in [6.07, 6.45) is 0.984. The van der Waals surface area contributed by atoms with Gasteiger partial charge in [-0.3, -0.25) is 9.52 Å². The molecule has 0 unspecified atom stereocenters. The minimum Gasteiger partial charge on any atom is -0.469 e. The molecule has 0 aliphatic carbocycles. The van der Waals surface area contributed by atoms with Gasteiger partial charge in [-0.15, -0.1) is 0 Å². The Morgan fingerprint density at radius 3 is 2.41 bits per heavy atom. The lowest BCUT2D eigenvalue weighted by Crippen LogP contribution is -2.38. The number of aromatic nitrogens is 2. The summed E-state index contributed by atoms with van der Waals surface area (Å²) in [6, 6.07) is 9.08. The van der Waals surface area contributed by atoms with Gasteiger partial charge in [-0.25, -0.2) is 27.2 Å². The summed E-state index contributed by atoms with van der Waals surface area (Å²) >= 11 is 0. The van der Waals surface area contributed by atoms with Crippen molar-refractivity contribution in [1.82, 2.24) is 9.97 Å². The van der Waals surface area contributed by atoms with Crippen LogP contribution in [0.1, 0.15) is 12.8 Å². The number of carbonyl (C=O) groups excluding carboxylic acids is 1. The number of piperidine rings is 1. The lowest BCUT2D eigenvalue weighted by atomic mass is 9.97. The molecule has 1 aromatic heterocycles. The van der Waals surface area contributed by atoms with E-state index in [1.807, 2.05) is 0 Å². The van der Waals surface area contributed by atoms with Crippen LogP contribution >= 0.6 is 0 Å². The molecule has 0 radical (unpaired) electrons. The quantitative estimate of drug-likeness (QED) is 0.582. The number of nitrogens with zero attached hydrogens (tertiary/aromatic N) is 3. The molecule has 0 amide bonds. The molecule has 2 heterocycles. The molecule has 8 nitrogen and oxygen atoms in total. The van der Waals surface area contributed by atoms with E-state index in [1.54, 1.807) is 29.2 Å². The fourth-order valence-electron chi connectivity index (χ4n) is 3.64. The molecule has 0 bridgehead atoms. The number of carbonyl (C=O) groups is 1. The van der Waals surface area contributed by atoms with Crippen molar-refractivity contribution in [2.24, 2.45) is 5.92 Å². The molecule has 0 atom stereocenters. The lowest BCUT2D eigenvalue weighted by molar-refractivity contribution is -0.146. The third-order valence-electron chi connectivity index (χ3n) is 5.29. The van der Waals surface area contributed by atoms with Crippen molar-refractivity contribution in [3.63, 3.8) is 0 Å². The normalized spacial score (nSPS) is 15.0. The van der Waals surface area contributed by atoms with E-state index in [0.29, 0.717) is 43.0 Å². The van der Waals surface area contributed by atoms with Crippen LogP contribution in [0.4, 0.5) is 20.4 Å². The highest BCUT2D eigenvalue weighted by Gasteiger charge is 2.30. The number of hydrogen-bond donors (Lipinski definition) is 1. The van der Waals surface area contributed by atoms with E-state index in [9.17, 15) is 22.0 Å². The van der Waals surface area contributed by atoms with E-state index < -0.39 is 26.6 Å². The molecule has 1 saturated heterocycles. The predicted octanol–water partition coefficient (Wildman–Crippen LogP) is 3.10. The van der Waals surface area contributed by atoms with Crippen LogP contribution in [0.15, 0.2) is 47.4 Å². The topological polar surface area (TPSA) is 101 Å². The van der Waals surface area contributed by atoms with Crippen molar-refractivity contribution in [1.29, 1.82) is 0 Å². The van der Waals surface area contributed by atoms with Gasteiger partial charge in [-0.05, 0) is 43.2 Å². The van der Waals surface area contributed by atoms with Crippen LogP contribution in [0.3, 0.4) is 0 Å². The molecule has 1 aliphatic heterocycles. The highest BCUT2D eigenvalue weighted by atomic mass is 32.2. The van der Waals surface area contributed by atoms with Gasteiger partial charge < -0.3 is 9.64 Å². The molecule has 32 heavy (non-hydrogen) atoms. The highest BCUT2D eigenvalue weighted by molar-refractivity contribution is 7.92. The van der Waals surface area contributed by atoms with Crippen molar-refractivity contribution < 1.29 is 26.7 Å². The van der Waals surface area contributed by atoms with Gasteiger partial charge in [0.1, 0.15) is 16.5 Å². The zero-order chi connectivity index (χ0) is 22.9. The minimum absolute atomic E-state index is 0.108. The molecule has 4 rings (SSSR count). The average molecular weight is 462 g/mol. The molecule has 0 saturated carbocycles. The Bertz CT molecular complexity index is 1280. The fourth-order valence-corrected chi connectivity index (χ4v) is 4.73. The summed E-state index contributed by atoms with van der Waals surface area (Å²) in [4.78, 5) is 21.7. The van der Waals surface area contributed by atoms with Crippen molar-refractivity contribution in [3.05, 3.63) is 54.1 Å². The molecule has 2 aromatic carbocycles. The van der Waals surface area contributed by atoms with E-state index in [4.69, 9.17) is 4.74 Å². The molecular formula is C21H20F2N4O4S. The monoisotopic (exact) mass is 462 g/mol. The number of rotatable bonds is 5. The summed E-state index contributed by atoms with van der Waals surface area (Å²) < 4.78 is 60.5. The van der Waals surface area contributed by atoms with Gasteiger partial charge in [0.15, 0.2) is 11.6 Å². The van der Waals surface area contributed by atoms with Gasteiger partial charge in [0.2, 0.25) is 0 Å². The Labute approximate surface area is 183 Å². The predicted molar refractivity (Wildman–Crippen MR) is 114 cm³/mol. The number of fused-ring (bicyclic) bond motifs is 1. The number of nitrogens with one attached hydrogen (secondary N) is 1. The number of hydrogen-bond acceptors (Lipinski definition) is 7. The molecule has 1 N–H and O–H groups in total. The van der Waals surface area contributed by atoms with Crippen LogP contribution < -0.4 is 9.62 Å². The zero-order valence-electron chi connectivity index (χ0n) is 17.1. The number of benzene rings is 2. The number of ether oxygens (including phenoxy) is 1. The maximum atomic E-state index is 14.2.